The first kappa shape index (κ1) is 16.3. The van der Waals surface area contributed by atoms with Crippen molar-refractivity contribution >= 4 is 29.3 Å². The molecule has 0 fully saturated rings. The summed E-state index contributed by atoms with van der Waals surface area (Å²) in [5.41, 5.74) is 5.25. The van der Waals surface area contributed by atoms with Crippen LogP contribution in [0, 0.1) is 0 Å². The van der Waals surface area contributed by atoms with Crippen LogP contribution in [-0.2, 0) is 4.79 Å². The molecule has 106 valence electrons. The molecule has 19 heavy (non-hydrogen) atoms. The molecule has 3 N–H and O–H groups in total. The Morgan fingerprint density at radius 1 is 1.37 bits per heavy atom. The van der Waals surface area contributed by atoms with Gasteiger partial charge in [-0.05, 0) is 50.3 Å². The van der Waals surface area contributed by atoms with Crippen molar-refractivity contribution in [3.8, 4) is 0 Å². The van der Waals surface area contributed by atoms with Crippen LogP contribution in [0.4, 0.5) is 0 Å². The van der Waals surface area contributed by atoms with Crippen LogP contribution in [0.25, 0.3) is 0 Å². The van der Waals surface area contributed by atoms with Crippen LogP contribution < -0.4 is 11.1 Å². The zero-order valence-corrected chi connectivity index (χ0v) is 13.0. The summed E-state index contributed by atoms with van der Waals surface area (Å²) in [6, 6.07) is 7.73. The lowest BCUT2D eigenvalue weighted by molar-refractivity contribution is -0.122. The van der Waals surface area contributed by atoms with E-state index in [-0.39, 0.29) is 11.4 Å². The van der Waals surface area contributed by atoms with Gasteiger partial charge in [-0.3, -0.25) is 4.79 Å². The first-order chi connectivity index (χ1) is 8.93. The molecule has 1 aromatic rings. The van der Waals surface area contributed by atoms with Gasteiger partial charge in [0.1, 0.15) is 0 Å². The van der Waals surface area contributed by atoms with Crippen LogP contribution in [0.15, 0.2) is 29.2 Å². The number of thioether (sulfide) groups is 1. The fourth-order valence-corrected chi connectivity index (χ4v) is 2.42. The summed E-state index contributed by atoms with van der Waals surface area (Å²) in [6.45, 7) is 4.29. The Morgan fingerprint density at radius 3 is 2.58 bits per heavy atom. The van der Waals surface area contributed by atoms with Crippen LogP contribution in [-0.4, -0.2) is 23.7 Å². The first-order valence-corrected chi connectivity index (χ1v) is 7.69. The van der Waals surface area contributed by atoms with Crippen molar-refractivity contribution in [3.63, 3.8) is 0 Å². The number of carbonyl (C=O) groups excluding carboxylic acids is 1. The number of benzene rings is 1. The summed E-state index contributed by atoms with van der Waals surface area (Å²) in [5.74, 6) is 0.977. The maximum Gasteiger partial charge on any atom is 0.220 e. The van der Waals surface area contributed by atoms with E-state index in [1.165, 1.54) is 4.90 Å². The Labute approximate surface area is 124 Å². The maximum absolute atomic E-state index is 11.7. The highest BCUT2D eigenvalue weighted by Crippen LogP contribution is 2.21. The highest BCUT2D eigenvalue weighted by atomic mass is 35.5. The predicted molar refractivity (Wildman–Crippen MR) is 82.7 cm³/mol. The molecule has 1 amide bonds. The summed E-state index contributed by atoms with van der Waals surface area (Å²) in [7, 11) is 0. The molecule has 0 heterocycles. The van der Waals surface area contributed by atoms with Crippen LogP contribution in [0.3, 0.4) is 0 Å². The molecule has 0 aliphatic carbocycles. The van der Waals surface area contributed by atoms with E-state index >= 15 is 0 Å². The standard InChI is InChI=1S/C14H21ClN2OS/c1-14(2,10-16)17-13(18)4-3-9-19-12-7-5-11(15)6-8-12/h5-8H,3-4,9-10,16H2,1-2H3,(H,17,18). The summed E-state index contributed by atoms with van der Waals surface area (Å²) in [6.07, 6.45) is 1.38. The smallest absolute Gasteiger partial charge is 0.220 e. The van der Waals surface area contributed by atoms with Crippen LogP contribution in [0.5, 0.6) is 0 Å². The van der Waals surface area contributed by atoms with Crippen molar-refractivity contribution in [1.29, 1.82) is 0 Å². The number of rotatable bonds is 7. The number of halogens is 1. The van der Waals surface area contributed by atoms with Gasteiger partial charge in [0, 0.05) is 28.4 Å². The van der Waals surface area contributed by atoms with Crippen molar-refractivity contribution in [2.24, 2.45) is 5.73 Å². The summed E-state index contributed by atoms with van der Waals surface area (Å²) >= 11 is 7.55. The molecular weight excluding hydrogens is 280 g/mol. The molecule has 0 spiro atoms. The number of hydrogen-bond donors (Lipinski definition) is 2. The topological polar surface area (TPSA) is 55.1 Å². The second kappa shape index (κ2) is 7.78. The Balaban J connectivity index is 2.20. The summed E-state index contributed by atoms with van der Waals surface area (Å²) < 4.78 is 0. The number of amides is 1. The van der Waals surface area contributed by atoms with Gasteiger partial charge in [0.2, 0.25) is 5.91 Å². The number of hydrogen-bond acceptors (Lipinski definition) is 3. The average Bonchev–Trinajstić information content (AvgIpc) is 2.36. The number of carbonyl (C=O) groups is 1. The van der Waals surface area contributed by atoms with E-state index in [4.69, 9.17) is 17.3 Å². The molecule has 0 saturated heterocycles. The molecule has 3 nitrogen and oxygen atoms in total. The van der Waals surface area contributed by atoms with Crippen molar-refractivity contribution < 1.29 is 4.79 Å². The molecule has 1 aromatic carbocycles. The Morgan fingerprint density at radius 2 is 2.00 bits per heavy atom. The van der Waals surface area contributed by atoms with E-state index in [0.29, 0.717) is 13.0 Å². The minimum atomic E-state index is -0.319. The second-order valence-corrected chi connectivity index (χ2v) is 6.65. The molecule has 0 radical (unpaired) electrons. The molecule has 5 heteroatoms. The molecule has 0 saturated carbocycles. The van der Waals surface area contributed by atoms with Crippen LogP contribution in [0.1, 0.15) is 26.7 Å². The lowest BCUT2D eigenvalue weighted by Crippen LogP contribution is -2.48. The monoisotopic (exact) mass is 300 g/mol. The molecular formula is C14H21ClN2OS. The Hall–Kier alpha value is -0.710. The third-order valence-corrected chi connectivity index (χ3v) is 3.97. The van der Waals surface area contributed by atoms with Crippen molar-refractivity contribution in [3.05, 3.63) is 29.3 Å². The normalized spacial score (nSPS) is 11.4. The van der Waals surface area contributed by atoms with E-state index in [9.17, 15) is 4.79 Å². The van der Waals surface area contributed by atoms with Crippen molar-refractivity contribution in [2.75, 3.05) is 12.3 Å². The van der Waals surface area contributed by atoms with E-state index in [0.717, 1.165) is 17.2 Å². The average molecular weight is 301 g/mol. The van der Waals surface area contributed by atoms with Gasteiger partial charge >= 0.3 is 0 Å². The first-order valence-electron chi connectivity index (χ1n) is 6.32. The second-order valence-electron chi connectivity index (χ2n) is 5.04. The molecule has 0 unspecified atom stereocenters. The zero-order chi connectivity index (χ0) is 14.3. The number of nitrogens with one attached hydrogen (secondary N) is 1. The van der Waals surface area contributed by atoms with Crippen LogP contribution >= 0.6 is 23.4 Å². The fourth-order valence-electron chi connectivity index (χ4n) is 1.44. The molecule has 0 atom stereocenters. The third-order valence-electron chi connectivity index (χ3n) is 2.62. The Bertz CT molecular complexity index is 406. The van der Waals surface area contributed by atoms with E-state index in [2.05, 4.69) is 5.32 Å². The van der Waals surface area contributed by atoms with Gasteiger partial charge in [0.05, 0.1) is 0 Å². The summed E-state index contributed by atoms with van der Waals surface area (Å²) in [5, 5.41) is 3.66. The SMILES string of the molecule is CC(C)(CN)NC(=O)CCCSc1ccc(Cl)cc1. The fraction of sp³-hybridized carbons (Fsp3) is 0.500. The molecule has 0 bridgehead atoms. The largest absolute Gasteiger partial charge is 0.350 e. The van der Waals surface area contributed by atoms with E-state index < -0.39 is 0 Å². The van der Waals surface area contributed by atoms with Gasteiger partial charge < -0.3 is 11.1 Å². The quantitative estimate of drug-likeness (QED) is 0.601. The van der Waals surface area contributed by atoms with E-state index in [1.807, 2.05) is 38.1 Å². The van der Waals surface area contributed by atoms with Gasteiger partial charge in [0.15, 0.2) is 0 Å². The third kappa shape index (κ3) is 6.85. The maximum atomic E-state index is 11.7. The highest BCUT2D eigenvalue weighted by molar-refractivity contribution is 7.99. The zero-order valence-electron chi connectivity index (χ0n) is 11.4. The van der Waals surface area contributed by atoms with Crippen molar-refractivity contribution in [1.82, 2.24) is 5.32 Å². The minimum absolute atomic E-state index is 0.0622. The lowest BCUT2D eigenvalue weighted by Gasteiger charge is -2.24. The van der Waals surface area contributed by atoms with Gasteiger partial charge in [-0.15, -0.1) is 11.8 Å². The lowest BCUT2D eigenvalue weighted by atomic mass is 10.1. The van der Waals surface area contributed by atoms with Gasteiger partial charge in [-0.1, -0.05) is 11.6 Å². The molecule has 0 aliphatic heterocycles. The van der Waals surface area contributed by atoms with Crippen LogP contribution in [0.2, 0.25) is 5.02 Å². The Kier molecular flexibility index (Phi) is 6.69. The highest BCUT2D eigenvalue weighted by Gasteiger charge is 2.17. The predicted octanol–water partition coefficient (Wildman–Crippen LogP) is 3.07. The minimum Gasteiger partial charge on any atom is -0.350 e. The van der Waals surface area contributed by atoms with Gasteiger partial charge in [0.25, 0.3) is 0 Å². The molecule has 0 aliphatic rings. The van der Waals surface area contributed by atoms with Crippen molar-refractivity contribution in [2.45, 2.75) is 37.1 Å². The molecule has 1 rings (SSSR count). The number of nitrogens with two attached hydrogens (primary N) is 1. The van der Waals surface area contributed by atoms with E-state index in [1.54, 1.807) is 11.8 Å². The van der Waals surface area contributed by atoms with Gasteiger partial charge in [-0.2, -0.15) is 0 Å². The van der Waals surface area contributed by atoms with Gasteiger partial charge in [-0.25, -0.2) is 0 Å². The summed E-state index contributed by atoms with van der Waals surface area (Å²) in [4.78, 5) is 12.9. The molecule has 0 aromatic heterocycles.